The van der Waals surface area contributed by atoms with E-state index in [9.17, 15) is 13.2 Å². The second-order valence-corrected chi connectivity index (χ2v) is 7.15. The van der Waals surface area contributed by atoms with E-state index in [1.165, 1.54) is 36.8 Å². The van der Waals surface area contributed by atoms with Crippen molar-refractivity contribution in [3.8, 4) is 22.8 Å². The molecular formula is C17H12N2O5S. The van der Waals surface area contributed by atoms with Gasteiger partial charge in [0.1, 0.15) is 4.90 Å². The summed E-state index contributed by atoms with van der Waals surface area (Å²) in [5.41, 5.74) is 1.19. The molecule has 1 aliphatic heterocycles. The monoisotopic (exact) mass is 356 g/mol. The number of carbonyl (C=O) groups is 1. The standard InChI is InChI=1S/C17H12N2O5S/c20-10-12-6-15(13-3-4-16-17(7-13)24-11-23-16)19(9-12)25(21,22)14-2-1-5-18-8-14/h1-10H,11H2. The molecule has 0 saturated carbocycles. The van der Waals surface area contributed by atoms with Crippen LogP contribution in [0.1, 0.15) is 10.4 Å². The van der Waals surface area contributed by atoms with E-state index < -0.39 is 10.0 Å². The fourth-order valence-electron chi connectivity index (χ4n) is 2.61. The number of hydrogen-bond acceptors (Lipinski definition) is 6. The fourth-order valence-corrected chi connectivity index (χ4v) is 3.96. The Kier molecular flexibility index (Phi) is 3.54. The molecule has 126 valence electrons. The molecule has 0 unspecified atom stereocenters. The minimum Gasteiger partial charge on any atom is -0.454 e. The molecule has 0 atom stereocenters. The van der Waals surface area contributed by atoms with Crippen LogP contribution < -0.4 is 9.47 Å². The molecule has 0 amide bonds. The molecule has 0 N–H and O–H groups in total. The van der Waals surface area contributed by atoms with Crippen LogP contribution in [0.4, 0.5) is 0 Å². The third-order valence-corrected chi connectivity index (χ3v) is 5.46. The molecule has 0 fully saturated rings. The zero-order chi connectivity index (χ0) is 17.4. The van der Waals surface area contributed by atoms with Gasteiger partial charge in [-0.2, -0.15) is 0 Å². The number of aldehydes is 1. The van der Waals surface area contributed by atoms with Gasteiger partial charge in [0, 0.05) is 29.7 Å². The lowest BCUT2D eigenvalue weighted by Gasteiger charge is -2.10. The first-order valence-corrected chi connectivity index (χ1v) is 8.77. The van der Waals surface area contributed by atoms with Gasteiger partial charge in [0.05, 0.1) is 5.69 Å². The third kappa shape index (κ3) is 2.56. The van der Waals surface area contributed by atoms with E-state index in [4.69, 9.17) is 9.47 Å². The lowest BCUT2D eigenvalue weighted by atomic mass is 10.1. The maximum Gasteiger partial charge on any atom is 0.269 e. The van der Waals surface area contributed by atoms with Crippen molar-refractivity contribution < 1.29 is 22.7 Å². The Hall–Kier alpha value is -3.13. The first-order valence-electron chi connectivity index (χ1n) is 7.33. The van der Waals surface area contributed by atoms with Gasteiger partial charge in [0.2, 0.25) is 6.79 Å². The molecule has 1 aliphatic rings. The first kappa shape index (κ1) is 15.4. The van der Waals surface area contributed by atoms with Crippen LogP contribution in [-0.4, -0.2) is 30.5 Å². The largest absolute Gasteiger partial charge is 0.454 e. The minimum atomic E-state index is -3.90. The number of hydrogen-bond donors (Lipinski definition) is 0. The van der Waals surface area contributed by atoms with Crippen molar-refractivity contribution in [3.63, 3.8) is 0 Å². The number of aromatic nitrogens is 2. The molecule has 2 aromatic heterocycles. The highest BCUT2D eigenvalue weighted by Crippen LogP contribution is 2.37. The van der Waals surface area contributed by atoms with Crippen molar-refractivity contribution in [2.24, 2.45) is 0 Å². The van der Waals surface area contributed by atoms with E-state index in [0.717, 1.165) is 3.97 Å². The van der Waals surface area contributed by atoms with Crippen LogP contribution in [-0.2, 0) is 10.0 Å². The molecule has 25 heavy (non-hydrogen) atoms. The number of fused-ring (bicyclic) bond motifs is 1. The van der Waals surface area contributed by atoms with Crippen molar-refractivity contribution in [1.82, 2.24) is 8.96 Å². The zero-order valence-electron chi connectivity index (χ0n) is 12.8. The Balaban J connectivity index is 1.90. The summed E-state index contributed by atoms with van der Waals surface area (Å²) in [6.07, 6.45) is 4.64. The fraction of sp³-hybridized carbons (Fsp3) is 0.0588. The van der Waals surface area contributed by atoms with Crippen LogP contribution in [0.2, 0.25) is 0 Å². The number of pyridine rings is 1. The average Bonchev–Trinajstić information content (AvgIpc) is 3.28. The van der Waals surface area contributed by atoms with Gasteiger partial charge < -0.3 is 9.47 Å². The SMILES string of the molecule is O=Cc1cc(-c2ccc3c(c2)OCO3)n(S(=O)(=O)c2cccnc2)c1. The molecule has 3 heterocycles. The van der Waals surface area contributed by atoms with Crippen LogP contribution in [0.3, 0.4) is 0 Å². The molecule has 7 nitrogen and oxygen atoms in total. The summed E-state index contributed by atoms with van der Waals surface area (Å²) >= 11 is 0. The van der Waals surface area contributed by atoms with E-state index >= 15 is 0 Å². The molecule has 0 spiro atoms. The highest BCUT2D eigenvalue weighted by Gasteiger charge is 2.23. The Morgan fingerprint density at radius 2 is 1.96 bits per heavy atom. The highest BCUT2D eigenvalue weighted by atomic mass is 32.2. The van der Waals surface area contributed by atoms with Crippen LogP contribution in [0, 0.1) is 0 Å². The van der Waals surface area contributed by atoms with E-state index in [1.54, 1.807) is 18.2 Å². The summed E-state index contributed by atoms with van der Waals surface area (Å²) < 4.78 is 37.6. The molecule has 0 bridgehead atoms. The van der Waals surface area contributed by atoms with Gasteiger partial charge in [-0.05, 0) is 36.4 Å². The minimum absolute atomic E-state index is 0.0324. The summed E-state index contributed by atoms with van der Waals surface area (Å²) in [6.45, 7) is 0.118. The van der Waals surface area contributed by atoms with Crippen molar-refractivity contribution in [2.75, 3.05) is 6.79 Å². The van der Waals surface area contributed by atoms with Gasteiger partial charge in [-0.3, -0.25) is 9.78 Å². The Labute approximate surface area is 143 Å². The van der Waals surface area contributed by atoms with Crippen molar-refractivity contribution in [1.29, 1.82) is 0 Å². The molecular weight excluding hydrogens is 344 g/mol. The first-order chi connectivity index (χ1) is 12.1. The molecule has 8 heteroatoms. The molecule has 3 aromatic rings. The van der Waals surface area contributed by atoms with E-state index in [2.05, 4.69) is 4.98 Å². The average molecular weight is 356 g/mol. The zero-order valence-corrected chi connectivity index (χ0v) is 13.6. The normalized spacial score (nSPS) is 13.0. The number of ether oxygens (including phenoxy) is 2. The second kappa shape index (κ2) is 5.75. The number of rotatable bonds is 4. The summed E-state index contributed by atoms with van der Waals surface area (Å²) in [5, 5.41) is 0. The molecule has 0 aliphatic carbocycles. The smallest absolute Gasteiger partial charge is 0.269 e. The maximum absolute atomic E-state index is 12.9. The van der Waals surface area contributed by atoms with Gasteiger partial charge in [-0.25, -0.2) is 12.4 Å². The second-order valence-electron chi connectivity index (χ2n) is 5.33. The van der Waals surface area contributed by atoms with Crippen LogP contribution >= 0.6 is 0 Å². The molecule has 0 radical (unpaired) electrons. The Bertz CT molecular complexity index is 1060. The van der Waals surface area contributed by atoms with Gasteiger partial charge in [-0.15, -0.1) is 0 Å². The van der Waals surface area contributed by atoms with Crippen LogP contribution in [0.5, 0.6) is 11.5 Å². The number of nitrogens with zero attached hydrogens (tertiary/aromatic N) is 2. The Morgan fingerprint density at radius 3 is 2.72 bits per heavy atom. The van der Waals surface area contributed by atoms with Gasteiger partial charge in [-0.1, -0.05) is 0 Å². The van der Waals surface area contributed by atoms with Crippen LogP contribution in [0.25, 0.3) is 11.3 Å². The molecule has 0 saturated heterocycles. The van der Waals surface area contributed by atoms with Crippen molar-refractivity contribution in [2.45, 2.75) is 4.90 Å². The van der Waals surface area contributed by atoms with Gasteiger partial charge in [0.15, 0.2) is 17.8 Å². The van der Waals surface area contributed by atoms with Gasteiger partial charge >= 0.3 is 0 Å². The molecule has 1 aromatic carbocycles. The molecule has 4 rings (SSSR count). The highest BCUT2D eigenvalue weighted by molar-refractivity contribution is 7.90. The summed E-state index contributed by atoms with van der Waals surface area (Å²) in [7, 11) is -3.90. The lowest BCUT2D eigenvalue weighted by Crippen LogP contribution is -2.13. The predicted molar refractivity (Wildman–Crippen MR) is 88.2 cm³/mol. The van der Waals surface area contributed by atoms with Crippen LogP contribution in [0.15, 0.2) is 59.9 Å². The van der Waals surface area contributed by atoms with Crippen molar-refractivity contribution >= 4 is 16.3 Å². The maximum atomic E-state index is 12.9. The van der Waals surface area contributed by atoms with E-state index in [-0.39, 0.29) is 17.3 Å². The third-order valence-electron chi connectivity index (χ3n) is 3.80. The summed E-state index contributed by atoms with van der Waals surface area (Å²) in [4.78, 5) is 15.1. The quantitative estimate of drug-likeness (QED) is 0.667. The lowest BCUT2D eigenvalue weighted by molar-refractivity contribution is 0.112. The predicted octanol–water partition coefficient (Wildman–Crippen LogP) is 2.33. The topological polar surface area (TPSA) is 87.5 Å². The Morgan fingerprint density at radius 1 is 1.12 bits per heavy atom. The number of carbonyl (C=O) groups excluding carboxylic acids is 1. The van der Waals surface area contributed by atoms with E-state index in [0.29, 0.717) is 29.0 Å². The summed E-state index contributed by atoms with van der Waals surface area (Å²) in [5.74, 6) is 1.12. The summed E-state index contributed by atoms with van der Waals surface area (Å²) in [6, 6.07) is 9.60. The van der Waals surface area contributed by atoms with E-state index in [1.807, 2.05) is 0 Å². The number of benzene rings is 1. The van der Waals surface area contributed by atoms with Gasteiger partial charge in [0.25, 0.3) is 10.0 Å². The van der Waals surface area contributed by atoms with Crippen molar-refractivity contribution in [3.05, 3.63) is 60.6 Å².